The maximum Gasteiger partial charge on any atom is 0.303 e. The zero-order chi connectivity index (χ0) is 30.0. The minimum absolute atomic E-state index is 0.182. The third kappa shape index (κ3) is 8.27. The molecule has 3 aromatic rings. The van der Waals surface area contributed by atoms with E-state index in [1.165, 1.54) is 24.2 Å². The van der Waals surface area contributed by atoms with E-state index in [1.54, 1.807) is 0 Å². The van der Waals surface area contributed by atoms with Crippen LogP contribution in [0.4, 0.5) is 0 Å². The summed E-state index contributed by atoms with van der Waals surface area (Å²) in [5.41, 5.74) is 0.990. The van der Waals surface area contributed by atoms with Crippen LogP contribution >= 0.6 is 0 Å². The van der Waals surface area contributed by atoms with Gasteiger partial charge in [-0.2, -0.15) is 0 Å². The van der Waals surface area contributed by atoms with Crippen molar-refractivity contribution >= 4 is 36.7 Å². The number of esters is 2. The molecule has 0 unspecified atom stereocenters. The molecule has 0 fully saturated rings. The predicted octanol–water partition coefficient (Wildman–Crippen LogP) is 6.41. The zero-order valence-corrected chi connectivity index (χ0v) is 26.4. The van der Waals surface area contributed by atoms with E-state index >= 15 is 0 Å². The Hall–Kier alpha value is -3.48. The minimum Gasteiger partial charge on any atom is -0.462 e. The third-order valence-electron chi connectivity index (χ3n) is 7.46. The van der Waals surface area contributed by atoms with Gasteiger partial charge in [0.2, 0.25) is 0 Å². The summed E-state index contributed by atoms with van der Waals surface area (Å²) in [6, 6.07) is 30.8. The van der Waals surface area contributed by atoms with Crippen LogP contribution in [0, 0.1) is 11.8 Å². The van der Waals surface area contributed by atoms with Gasteiger partial charge < -0.3 is 13.9 Å². The molecule has 5 nitrogen and oxygen atoms in total. The molecule has 0 spiro atoms. The maximum absolute atomic E-state index is 12.3. The second-order valence-electron chi connectivity index (χ2n) is 11.7. The first kappa shape index (κ1) is 32.0. The van der Waals surface area contributed by atoms with Crippen LogP contribution in [0.3, 0.4) is 0 Å². The Kier molecular flexibility index (Phi) is 11.3. The van der Waals surface area contributed by atoms with Crippen molar-refractivity contribution < 1.29 is 23.5 Å². The van der Waals surface area contributed by atoms with Gasteiger partial charge in [-0.1, -0.05) is 132 Å². The lowest BCUT2D eigenvalue weighted by molar-refractivity contribution is -0.159. The lowest BCUT2D eigenvalue weighted by atomic mass is 9.88. The fourth-order valence-corrected chi connectivity index (χ4v) is 10.2. The molecule has 0 bridgehead atoms. The monoisotopic (exact) mass is 572 g/mol. The molecule has 0 aliphatic carbocycles. The van der Waals surface area contributed by atoms with Crippen LogP contribution in [-0.4, -0.2) is 39.1 Å². The second kappa shape index (κ2) is 14.4. The summed E-state index contributed by atoms with van der Waals surface area (Å²) in [5.74, 6) is -1.27. The van der Waals surface area contributed by atoms with Gasteiger partial charge in [-0.15, -0.1) is 0 Å². The van der Waals surface area contributed by atoms with Crippen LogP contribution in [0.5, 0.6) is 0 Å². The van der Waals surface area contributed by atoms with Crippen molar-refractivity contribution in [3.05, 3.63) is 103 Å². The molecule has 0 radical (unpaired) electrons. The van der Waals surface area contributed by atoms with Crippen molar-refractivity contribution in [1.82, 2.24) is 0 Å². The molecule has 218 valence electrons. The van der Waals surface area contributed by atoms with Gasteiger partial charge in [-0.05, 0) is 27.1 Å². The first-order chi connectivity index (χ1) is 19.5. The standard InChI is InChI=1S/C35H44O5Si/c1-26(25-38-41(35(5,6)7,31-19-13-9-14-20-31)32-21-15-10-16-22-32)34(40-29(4)37)27(2)33(39-28(3)36)24-23-30-17-11-8-12-18-30/h8-24,26-27,33-34H,25H2,1-7H3/b24-23+/t26-,27+,33-,34-/m0/s1. The summed E-state index contributed by atoms with van der Waals surface area (Å²) in [7, 11) is -2.79. The van der Waals surface area contributed by atoms with Gasteiger partial charge in [0, 0.05) is 32.3 Å². The molecule has 3 aromatic carbocycles. The molecule has 0 saturated carbocycles. The van der Waals surface area contributed by atoms with Gasteiger partial charge in [0.05, 0.1) is 0 Å². The highest BCUT2D eigenvalue weighted by atomic mass is 28.4. The van der Waals surface area contributed by atoms with Crippen molar-refractivity contribution in [2.45, 2.75) is 65.7 Å². The molecule has 0 aliphatic heterocycles. The summed E-state index contributed by atoms with van der Waals surface area (Å²) >= 11 is 0. The highest BCUT2D eigenvalue weighted by Crippen LogP contribution is 2.37. The number of carbonyl (C=O) groups excluding carboxylic acids is 2. The first-order valence-corrected chi connectivity index (χ1v) is 16.2. The number of hydrogen-bond donors (Lipinski definition) is 0. The third-order valence-corrected chi connectivity index (χ3v) is 12.5. The van der Waals surface area contributed by atoms with Gasteiger partial charge in [0.15, 0.2) is 0 Å². The van der Waals surface area contributed by atoms with E-state index in [9.17, 15) is 9.59 Å². The lowest BCUT2D eigenvalue weighted by Gasteiger charge is -2.44. The highest BCUT2D eigenvalue weighted by Gasteiger charge is 2.50. The minimum atomic E-state index is -2.79. The molecule has 41 heavy (non-hydrogen) atoms. The SMILES string of the molecule is CC(=O)O[C@H]([C@H](C)[C@H](/C=C/c1ccccc1)OC(C)=O)[C@@H](C)CO[Si](c1ccccc1)(c1ccccc1)C(C)(C)C. The molecule has 0 heterocycles. The Bertz CT molecular complexity index is 1230. The fraction of sp³-hybridized carbons (Fsp3) is 0.371. The molecule has 0 amide bonds. The Morgan fingerprint density at radius 3 is 1.66 bits per heavy atom. The van der Waals surface area contributed by atoms with Gasteiger partial charge in [-0.3, -0.25) is 9.59 Å². The van der Waals surface area contributed by atoms with Crippen molar-refractivity contribution in [3.8, 4) is 0 Å². The van der Waals surface area contributed by atoms with Crippen LogP contribution in [0.15, 0.2) is 97.1 Å². The molecular formula is C35H44O5Si. The lowest BCUT2D eigenvalue weighted by Crippen LogP contribution is -2.67. The van der Waals surface area contributed by atoms with E-state index in [2.05, 4.69) is 69.3 Å². The van der Waals surface area contributed by atoms with Gasteiger partial charge in [0.1, 0.15) is 12.2 Å². The van der Waals surface area contributed by atoms with Crippen LogP contribution < -0.4 is 10.4 Å². The molecule has 4 atom stereocenters. The van der Waals surface area contributed by atoms with Crippen molar-refractivity contribution in [2.75, 3.05) is 6.61 Å². The maximum atomic E-state index is 12.3. The summed E-state index contributed by atoms with van der Waals surface area (Å²) in [6.07, 6.45) is 2.66. The molecule has 0 aromatic heterocycles. The van der Waals surface area contributed by atoms with Gasteiger partial charge in [-0.25, -0.2) is 0 Å². The highest BCUT2D eigenvalue weighted by molar-refractivity contribution is 6.99. The van der Waals surface area contributed by atoms with Crippen molar-refractivity contribution in [3.63, 3.8) is 0 Å². The van der Waals surface area contributed by atoms with E-state index in [-0.39, 0.29) is 22.8 Å². The molecule has 0 saturated heterocycles. The van der Waals surface area contributed by atoms with Crippen molar-refractivity contribution in [1.29, 1.82) is 0 Å². The average Bonchev–Trinajstić information content (AvgIpc) is 2.94. The Labute approximate surface area is 246 Å². The zero-order valence-electron chi connectivity index (χ0n) is 25.4. The van der Waals surface area contributed by atoms with E-state index in [0.717, 1.165) is 5.56 Å². The Morgan fingerprint density at radius 2 is 1.22 bits per heavy atom. The Morgan fingerprint density at radius 1 is 0.756 bits per heavy atom. The van der Waals surface area contributed by atoms with Crippen LogP contribution in [0.2, 0.25) is 5.04 Å². The number of rotatable bonds is 12. The Balaban J connectivity index is 1.97. The molecular weight excluding hydrogens is 528 g/mol. The quantitative estimate of drug-likeness (QED) is 0.185. The molecule has 6 heteroatoms. The second-order valence-corrected chi connectivity index (χ2v) is 16.0. The van der Waals surface area contributed by atoms with Crippen LogP contribution in [0.25, 0.3) is 6.08 Å². The fourth-order valence-electron chi connectivity index (χ4n) is 5.52. The molecule has 3 rings (SSSR count). The van der Waals surface area contributed by atoms with E-state index in [1.807, 2.05) is 68.5 Å². The number of ether oxygens (including phenoxy) is 2. The normalized spacial score (nSPS) is 15.1. The van der Waals surface area contributed by atoms with E-state index < -0.39 is 26.5 Å². The van der Waals surface area contributed by atoms with E-state index in [4.69, 9.17) is 13.9 Å². The van der Waals surface area contributed by atoms with Crippen molar-refractivity contribution in [2.24, 2.45) is 11.8 Å². The summed E-state index contributed by atoms with van der Waals surface area (Å²) in [5, 5.41) is 2.19. The first-order valence-electron chi connectivity index (χ1n) is 14.3. The van der Waals surface area contributed by atoms with E-state index in [0.29, 0.717) is 6.61 Å². The summed E-state index contributed by atoms with van der Waals surface area (Å²) < 4.78 is 18.8. The summed E-state index contributed by atoms with van der Waals surface area (Å²) in [4.78, 5) is 24.4. The largest absolute Gasteiger partial charge is 0.462 e. The summed E-state index contributed by atoms with van der Waals surface area (Å²) in [6.45, 7) is 13.9. The smallest absolute Gasteiger partial charge is 0.303 e. The number of hydrogen-bond acceptors (Lipinski definition) is 5. The predicted molar refractivity (Wildman–Crippen MR) is 168 cm³/mol. The van der Waals surface area contributed by atoms with Crippen LogP contribution in [-0.2, 0) is 23.5 Å². The topological polar surface area (TPSA) is 61.8 Å². The van der Waals surface area contributed by atoms with Crippen LogP contribution in [0.1, 0.15) is 54.0 Å². The average molecular weight is 573 g/mol. The van der Waals surface area contributed by atoms with Gasteiger partial charge >= 0.3 is 11.9 Å². The molecule has 0 N–H and O–H groups in total. The van der Waals surface area contributed by atoms with Gasteiger partial charge in [0.25, 0.3) is 8.32 Å². The molecule has 0 aliphatic rings. The number of carbonyl (C=O) groups is 2. The number of benzene rings is 3.